The number of alkyl halides is 1. The van der Waals surface area contributed by atoms with Crippen LogP contribution in [0.25, 0.3) is 0 Å². The minimum Gasteiger partial charge on any atom is -0.463 e. The van der Waals surface area contributed by atoms with Crippen LogP contribution in [0.15, 0.2) is 48.5 Å². The molecule has 1 aliphatic rings. The zero-order valence-electron chi connectivity index (χ0n) is 20.8. The maximum absolute atomic E-state index is 12.6. The highest BCUT2D eigenvalue weighted by molar-refractivity contribution is 9.08. The molecule has 202 valence electrons. The molecular formula is C25H29BrO10S. The summed E-state index contributed by atoms with van der Waals surface area (Å²) in [5, 5.41) is 0.616. The smallest absolute Gasteiger partial charge is 0.463 e. The minimum absolute atomic E-state index is 0.0885. The first-order valence-corrected chi connectivity index (χ1v) is 13.9. The Labute approximate surface area is 224 Å². The summed E-state index contributed by atoms with van der Waals surface area (Å²) in [6.45, 7) is 6.09. The van der Waals surface area contributed by atoms with E-state index >= 15 is 0 Å². The Balaban J connectivity index is 1.77. The molecule has 5 atom stereocenters. The fourth-order valence-corrected chi connectivity index (χ4v) is 4.84. The maximum Gasteiger partial charge on any atom is 0.501 e. The average molecular weight is 601 g/mol. The van der Waals surface area contributed by atoms with Gasteiger partial charge in [-0.1, -0.05) is 54.0 Å². The first-order valence-electron chi connectivity index (χ1n) is 11.5. The number of ether oxygens (including phenoxy) is 4. The highest BCUT2D eigenvalue weighted by Gasteiger charge is 2.45. The average Bonchev–Trinajstić information content (AvgIpc) is 2.83. The fourth-order valence-electron chi connectivity index (χ4n) is 3.72. The molecule has 0 amide bonds. The van der Waals surface area contributed by atoms with Crippen molar-refractivity contribution in [3.8, 4) is 17.2 Å². The molecule has 0 radical (unpaired) electrons. The van der Waals surface area contributed by atoms with E-state index < -0.39 is 40.8 Å². The Morgan fingerprint density at radius 3 is 2.16 bits per heavy atom. The molecule has 1 aliphatic heterocycles. The van der Waals surface area contributed by atoms with Gasteiger partial charge in [0.2, 0.25) is 6.29 Å². The van der Waals surface area contributed by atoms with E-state index in [0.29, 0.717) is 5.33 Å². The van der Waals surface area contributed by atoms with Gasteiger partial charge in [-0.25, -0.2) is 0 Å². The Morgan fingerprint density at radius 1 is 0.919 bits per heavy atom. The van der Waals surface area contributed by atoms with Crippen molar-refractivity contribution in [1.82, 2.24) is 0 Å². The molecule has 12 heteroatoms. The highest BCUT2D eigenvalue weighted by atomic mass is 79.9. The van der Waals surface area contributed by atoms with Gasteiger partial charge in [0, 0.05) is 31.0 Å². The summed E-state index contributed by atoms with van der Waals surface area (Å²) >= 11 is 3.32. The molecule has 37 heavy (non-hydrogen) atoms. The Bertz CT molecular complexity index is 1180. The number of carbonyl (C=O) groups is 2. The second-order valence-electron chi connectivity index (χ2n) is 8.55. The Kier molecular flexibility index (Phi) is 9.80. The molecule has 0 N–H and O–H groups in total. The lowest BCUT2D eigenvalue weighted by molar-refractivity contribution is -0.248. The zero-order valence-corrected chi connectivity index (χ0v) is 23.2. The molecule has 1 heterocycles. The number of halogens is 1. The molecule has 1 unspecified atom stereocenters. The molecular weight excluding hydrogens is 572 g/mol. The van der Waals surface area contributed by atoms with E-state index in [9.17, 15) is 18.0 Å². The van der Waals surface area contributed by atoms with Crippen molar-refractivity contribution in [3.05, 3.63) is 54.1 Å². The van der Waals surface area contributed by atoms with Gasteiger partial charge in [-0.3, -0.25) is 9.59 Å². The van der Waals surface area contributed by atoms with Crippen LogP contribution in [-0.4, -0.2) is 45.5 Å². The molecule has 0 aromatic heterocycles. The molecule has 0 aliphatic carbocycles. The predicted molar refractivity (Wildman–Crippen MR) is 135 cm³/mol. The van der Waals surface area contributed by atoms with E-state index in [1.807, 2.05) is 13.8 Å². The van der Waals surface area contributed by atoms with E-state index in [1.165, 1.54) is 38.1 Å². The van der Waals surface area contributed by atoms with Crippen LogP contribution < -0.4 is 13.1 Å². The molecule has 2 aromatic rings. The number of hydrogen-bond donors (Lipinski definition) is 0. The summed E-state index contributed by atoms with van der Waals surface area (Å²) in [7, 11) is -4.49. The van der Waals surface area contributed by atoms with E-state index in [0.717, 1.165) is 5.56 Å². The van der Waals surface area contributed by atoms with E-state index in [2.05, 4.69) is 15.9 Å². The normalized spacial score (nSPS) is 23.5. The largest absolute Gasteiger partial charge is 0.501 e. The molecule has 2 aromatic carbocycles. The third-order valence-corrected chi connectivity index (χ3v) is 7.19. The number of benzene rings is 2. The summed E-state index contributed by atoms with van der Waals surface area (Å²) in [5.41, 5.74) is 0.947. The highest BCUT2D eigenvalue weighted by Crippen LogP contribution is 2.37. The summed E-state index contributed by atoms with van der Waals surface area (Å²) in [5.74, 6) is -1.49. The molecule has 1 fully saturated rings. The summed E-state index contributed by atoms with van der Waals surface area (Å²) < 4.78 is 58.0. The molecule has 3 rings (SSSR count). The van der Waals surface area contributed by atoms with E-state index in [1.54, 1.807) is 24.3 Å². The standard InChI is InChI=1S/C25H29BrO10S/c1-15-16(2)25(34-23(14-31-17(3)27)24(15)32-18(4)28)33-21-7-5-6-8-22(21)36-37(29,30)35-20-11-9-19(13-26)10-12-20/h5-12,15-16,23-25H,13-14H2,1-4H3/t15-,16-,23-,24-,25?/m1/s1. The summed E-state index contributed by atoms with van der Waals surface area (Å²) in [6, 6.07) is 12.6. The molecule has 0 saturated carbocycles. The van der Waals surface area contributed by atoms with E-state index in [4.69, 9.17) is 27.3 Å². The maximum atomic E-state index is 12.6. The van der Waals surface area contributed by atoms with Crippen molar-refractivity contribution < 1.29 is 45.3 Å². The van der Waals surface area contributed by atoms with Gasteiger partial charge in [-0.05, 0) is 29.8 Å². The van der Waals surface area contributed by atoms with Gasteiger partial charge in [0.25, 0.3) is 0 Å². The number of carbonyl (C=O) groups excluding carboxylic acids is 2. The van der Waals surface area contributed by atoms with Crippen LogP contribution in [0.3, 0.4) is 0 Å². The second kappa shape index (κ2) is 12.6. The third kappa shape index (κ3) is 8.08. The van der Waals surface area contributed by atoms with Gasteiger partial charge in [-0.15, -0.1) is 8.42 Å². The summed E-state index contributed by atoms with van der Waals surface area (Å²) in [6.07, 6.45) is -2.37. The summed E-state index contributed by atoms with van der Waals surface area (Å²) in [4.78, 5) is 23.0. The van der Waals surface area contributed by atoms with Crippen LogP contribution in [0.4, 0.5) is 0 Å². The van der Waals surface area contributed by atoms with Crippen molar-refractivity contribution in [3.63, 3.8) is 0 Å². The van der Waals surface area contributed by atoms with Crippen LogP contribution in [0, 0.1) is 11.8 Å². The number of rotatable bonds is 10. The van der Waals surface area contributed by atoms with Crippen molar-refractivity contribution in [2.75, 3.05) is 6.61 Å². The van der Waals surface area contributed by atoms with Gasteiger partial charge < -0.3 is 27.3 Å². The zero-order chi connectivity index (χ0) is 27.2. The Morgan fingerprint density at radius 2 is 1.57 bits per heavy atom. The van der Waals surface area contributed by atoms with Crippen LogP contribution >= 0.6 is 15.9 Å². The molecule has 1 saturated heterocycles. The van der Waals surface area contributed by atoms with Crippen molar-refractivity contribution in [1.29, 1.82) is 0 Å². The van der Waals surface area contributed by atoms with Gasteiger partial charge in [0.15, 0.2) is 11.5 Å². The SMILES string of the molecule is CC(=O)OC[C@H]1OC(Oc2ccccc2OS(=O)(=O)Oc2ccc(CBr)cc2)[C@H](C)[C@@H](C)[C@H]1OC(C)=O. The van der Waals surface area contributed by atoms with Crippen LogP contribution in [0.2, 0.25) is 0 Å². The number of esters is 2. The monoisotopic (exact) mass is 600 g/mol. The van der Waals surface area contributed by atoms with Gasteiger partial charge in [0.1, 0.15) is 24.6 Å². The lowest BCUT2D eigenvalue weighted by Gasteiger charge is -2.43. The van der Waals surface area contributed by atoms with E-state index in [-0.39, 0.29) is 35.7 Å². The number of para-hydroxylation sites is 2. The number of hydrogen-bond acceptors (Lipinski definition) is 10. The van der Waals surface area contributed by atoms with Crippen LogP contribution in [-0.2, 0) is 39.5 Å². The first kappa shape index (κ1) is 28.7. The third-order valence-electron chi connectivity index (χ3n) is 5.77. The minimum atomic E-state index is -4.49. The van der Waals surface area contributed by atoms with Crippen molar-refractivity contribution in [2.24, 2.45) is 11.8 Å². The molecule has 0 bridgehead atoms. The predicted octanol–water partition coefficient (Wildman–Crippen LogP) is 4.15. The first-order chi connectivity index (χ1) is 17.5. The quantitative estimate of drug-likeness (QED) is 0.290. The van der Waals surface area contributed by atoms with Gasteiger partial charge in [-0.2, -0.15) is 0 Å². The van der Waals surface area contributed by atoms with Gasteiger partial charge >= 0.3 is 22.3 Å². The fraction of sp³-hybridized carbons (Fsp3) is 0.440. The lowest BCUT2D eigenvalue weighted by Crippen LogP contribution is -2.54. The molecule has 10 nitrogen and oxygen atoms in total. The van der Waals surface area contributed by atoms with Crippen LogP contribution in [0.1, 0.15) is 33.3 Å². The van der Waals surface area contributed by atoms with Crippen molar-refractivity contribution in [2.45, 2.75) is 51.5 Å². The van der Waals surface area contributed by atoms with Gasteiger partial charge in [0.05, 0.1) is 0 Å². The second-order valence-corrected chi connectivity index (χ2v) is 10.3. The van der Waals surface area contributed by atoms with Crippen LogP contribution in [0.5, 0.6) is 17.2 Å². The van der Waals surface area contributed by atoms with Crippen molar-refractivity contribution >= 4 is 38.3 Å². The molecule has 0 spiro atoms. The topological polar surface area (TPSA) is 124 Å². The Hall–Kier alpha value is -2.83. The lowest BCUT2D eigenvalue weighted by atomic mass is 9.84.